The van der Waals surface area contributed by atoms with Gasteiger partial charge in [-0.3, -0.25) is 14.5 Å². The lowest BCUT2D eigenvalue weighted by atomic mass is 9.94. The molecule has 1 aliphatic rings. The number of hydrogen-bond acceptors (Lipinski definition) is 5. The maximum absolute atomic E-state index is 13.8. The van der Waals surface area contributed by atoms with Crippen LogP contribution in [0.4, 0.5) is 10.1 Å². The van der Waals surface area contributed by atoms with Gasteiger partial charge in [-0.1, -0.05) is 45.7 Å². The van der Waals surface area contributed by atoms with E-state index in [2.05, 4.69) is 15.9 Å². The Morgan fingerprint density at radius 1 is 1.12 bits per heavy atom. The fourth-order valence-electron chi connectivity index (χ4n) is 3.78. The number of aliphatic hydroxyl groups is 1. The van der Waals surface area contributed by atoms with E-state index in [-0.39, 0.29) is 40.1 Å². The largest absolute Gasteiger partial charge is 0.507 e. The van der Waals surface area contributed by atoms with Crippen LogP contribution in [0.25, 0.3) is 5.76 Å². The van der Waals surface area contributed by atoms with E-state index in [0.29, 0.717) is 11.1 Å². The zero-order valence-corrected chi connectivity index (χ0v) is 20.1. The highest BCUT2D eigenvalue weighted by atomic mass is 79.9. The molecule has 0 saturated carbocycles. The van der Waals surface area contributed by atoms with Crippen LogP contribution in [-0.2, 0) is 9.59 Å². The van der Waals surface area contributed by atoms with Crippen molar-refractivity contribution in [3.05, 3.63) is 92.7 Å². The molecule has 1 unspecified atom stereocenters. The van der Waals surface area contributed by atoms with Gasteiger partial charge in [0.15, 0.2) is 11.5 Å². The van der Waals surface area contributed by atoms with Gasteiger partial charge >= 0.3 is 0 Å². The Morgan fingerprint density at radius 3 is 2.47 bits per heavy atom. The average molecular weight is 547 g/mol. The van der Waals surface area contributed by atoms with E-state index in [1.54, 1.807) is 31.2 Å². The van der Waals surface area contributed by atoms with Gasteiger partial charge in [-0.2, -0.15) is 0 Å². The standard InChI is InChI=1S/C25H18BrClFNO5/c1-2-34-20-11-14(5-10-19(20)30)22-21(23(31)13-3-6-15(26)7-4-13)24(32)25(33)29(22)16-8-9-18(28)17(27)12-16/h3-12,22,30-31H,2H2,1H3/b23-21+. The van der Waals surface area contributed by atoms with Crippen molar-refractivity contribution >= 4 is 50.7 Å². The van der Waals surface area contributed by atoms with Crippen LogP contribution in [0.5, 0.6) is 11.5 Å². The zero-order valence-electron chi connectivity index (χ0n) is 17.8. The minimum Gasteiger partial charge on any atom is -0.507 e. The summed E-state index contributed by atoms with van der Waals surface area (Å²) in [7, 11) is 0. The number of nitrogens with zero attached hydrogens (tertiary/aromatic N) is 1. The maximum Gasteiger partial charge on any atom is 0.300 e. The smallest absolute Gasteiger partial charge is 0.300 e. The van der Waals surface area contributed by atoms with Gasteiger partial charge in [-0.25, -0.2) is 4.39 Å². The summed E-state index contributed by atoms with van der Waals surface area (Å²) in [4.78, 5) is 27.5. The molecule has 2 N–H and O–H groups in total. The lowest BCUT2D eigenvalue weighted by Gasteiger charge is -2.26. The number of carbonyl (C=O) groups is 2. The number of anilines is 1. The second kappa shape index (κ2) is 9.48. The van der Waals surface area contributed by atoms with Crippen molar-refractivity contribution in [2.24, 2.45) is 0 Å². The van der Waals surface area contributed by atoms with Gasteiger partial charge < -0.3 is 14.9 Å². The molecular formula is C25H18BrClFNO5. The molecule has 0 aliphatic carbocycles. The molecule has 1 amide bonds. The number of hydrogen-bond donors (Lipinski definition) is 2. The van der Waals surface area contributed by atoms with Crippen molar-refractivity contribution in [1.29, 1.82) is 0 Å². The predicted molar refractivity (Wildman–Crippen MR) is 130 cm³/mol. The molecule has 1 fully saturated rings. The number of ketones is 1. The SMILES string of the molecule is CCOc1cc(C2/C(=C(\O)c3ccc(Br)cc3)C(=O)C(=O)N2c2ccc(F)c(Cl)c2)ccc1O. The zero-order chi connectivity index (χ0) is 24.6. The van der Waals surface area contributed by atoms with E-state index in [4.69, 9.17) is 16.3 Å². The molecule has 0 bridgehead atoms. The van der Waals surface area contributed by atoms with Crippen LogP contribution in [0.2, 0.25) is 5.02 Å². The molecule has 3 aromatic rings. The van der Waals surface area contributed by atoms with E-state index >= 15 is 0 Å². The molecule has 4 rings (SSSR count). The van der Waals surface area contributed by atoms with Crippen LogP contribution < -0.4 is 9.64 Å². The number of aromatic hydroxyl groups is 1. The topological polar surface area (TPSA) is 87.1 Å². The minimum absolute atomic E-state index is 0.125. The van der Waals surface area contributed by atoms with Crippen LogP contribution >= 0.6 is 27.5 Å². The van der Waals surface area contributed by atoms with Crippen LogP contribution in [0.1, 0.15) is 24.1 Å². The molecule has 1 saturated heterocycles. The van der Waals surface area contributed by atoms with Crippen molar-refractivity contribution in [2.45, 2.75) is 13.0 Å². The summed E-state index contributed by atoms with van der Waals surface area (Å²) >= 11 is 9.27. The third kappa shape index (κ3) is 4.26. The first kappa shape index (κ1) is 23.8. The number of carbonyl (C=O) groups excluding carboxylic acids is 2. The summed E-state index contributed by atoms with van der Waals surface area (Å²) in [6.45, 7) is 2.01. The van der Waals surface area contributed by atoms with Crippen LogP contribution in [0.15, 0.2) is 70.7 Å². The van der Waals surface area contributed by atoms with Crippen molar-refractivity contribution < 1.29 is 28.9 Å². The van der Waals surface area contributed by atoms with E-state index in [1.165, 1.54) is 30.3 Å². The number of benzene rings is 3. The molecule has 1 atom stereocenters. The molecule has 174 valence electrons. The number of amides is 1. The fraction of sp³-hybridized carbons (Fsp3) is 0.120. The van der Waals surface area contributed by atoms with E-state index < -0.39 is 23.5 Å². The summed E-state index contributed by atoms with van der Waals surface area (Å²) in [5, 5.41) is 21.0. The quantitative estimate of drug-likeness (QED) is 0.234. The number of aliphatic hydroxyl groups excluding tert-OH is 1. The number of ether oxygens (including phenoxy) is 1. The van der Waals surface area contributed by atoms with Crippen LogP contribution in [0, 0.1) is 5.82 Å². The molecule has 1 aliphatic heterocycles. The van der Waals surface area contributed by atoms with Gasteiger partial charge in [-0.05, 0) is 55.0 Å². The number of Topliss-reactive ketones (excluding diaryl/α,β-unsaturated/α-hetero) is 1. The van der Waals surface area contributed by atoms with E-state index in [0.717, 1.165) is 15.4 Å². The second-order valence-corrected chi connectivity index (χ2v) is 8.76. The Morgan fingerprint density at radius 2 is 1.82 bits per heavy atom. The summed E-state index contributed by atoms with van der Waals surface area (Å²) in [5.74, 6) is -2.88. The number of halogens is 3. The van der Waals surface area contributed by atoms with Crippen molar-refractivity contribution in [2.75, 3.05) is 11.5 Å². The lowest BCUT2D eigenvalue weighted by Crippen LogP contribution is -2.29. The Bertz CT molecular complexity index is 1330. The predicted octanol–water partition coefficient (Wildman–Crippen LogP) is 5.97. The monoisotopic (exact) mass is 545 g/mol. The summed E-state index contributed by atoms with van der Waals surface area (Å²) in [6.07, 6.45) is 0. The molecule has 9 heteroatoms. The van der Waals surface area contributed by atoms with Crippen molar-refractivity contribution in [1.82, 2.24) is 0 Å². The molecule has 0 radical (unpaired) electrons. The fourth-order valence-corrected chi connectivity index (χ4v) is 4.22. The van der Waals surface area contributed by atoms with Gasteiger partial charge in [0.05, 0.1) is 23.2 Å². The van der Waals surface area contributed by atoms with E-state index in [9.17, 15) is 24.2 Å². The van der Waals surface area contributed by atoms with Gasteiger partial charge in [0.1, 0.15) is 11.6 Å². The Hall–Kier alpha value is -3.36. The Kier molecular flexibility index (Phi) is 6.63. The molecule has 1 heterocycles. The van der Waals surface area contributed by atoms with Crippen molar-refractivity contribution in [3.63, 3.8) is 0 Å². The first-order valence-corrected chi connectivity index (χ1v) is 11.4. The molecule has 34 heavy (non-hydrogen) atoms. The Labute approximate surface area is 208 Å². The van der Waals surface area contributed by atoms with Gasteiger partial charge in [0.25, 0.3) is 11.7 Å². The molecular weight excluding hydrogens is 529 g/mol. The second-order valence-electron chi connectivity index (χ2n) is 7.43. The van der Waals surface area contributed by atoms with Gasteiger partial charge in [0, 0.05) is 15.7 Å². The number of phenolic OH excluding ortho intramolecular Hbond substituents is 1. The average Bonchev–Trinajstić information content (AvgIpc) is 3.08. The minimum atomic E-state index is -1.09. The first-order chi connectivity index (χ1) is 16.2. The highest BCUT2D eigenvalue weighted by Crippen LogP contribution is 2.44. The number of phenols is 1. The highest BCUT2D eigenvalue weighted by Gasteiger charge is 2.47. The Balaban J connectivity index is 1.97. The highest BCUT2D eigenvalue weighted by molar-refractivity contribution is 9.10. The van der Waals surface area contributed by atoms with E-state index in [1.807, 2.05) is 0 Å². The third-order valence-electron chi connectivity index (χ3n) is 5.34. The van der Waals surface area contributed by atoms with Crippen LogP contribution in [-0.4, -0.2) is 28.5 Å². The molecule has 6 nitrogen and oxygen atoms in total. The molecule has 3 aromatic carbocycles. The summed E-state index contributed by atoms with van der Waals surface area (Å²) < 4.78 is 20.1. The first-order valence-electron chi connectivity index (χ1n) is 10.2. The summed E-state index contributed by atoms with van der Waals surface area (Å²) in [5.41, 5.74) is 0.715. The maximum atomic E-state index is 13.8. The van der Waals surface area contributed by atoms with Gasteiger partial charge in [-0.15, -0.1) is 0 Å². The molecule has 0 spiro atoms. The van der Waals surface area contributed by atoms with Gasteiger partial charge in [0.2, 0.25) is 0 Å². The number of rotatable bonds is 5. The third-order valence-corrected chi connectivity index (χ3v) is 6.16. The van der Waals surface area contributed by atoms with Crippen LogP contribution in [0.3, 0.4) is 0 Å². The summed E-state index contributed by atoms with van der Waals surface area (Å²) in [6, 6.07) is 13.5. The normalized spacial score (nSPS) is 17.3. The van der Waals surface area contributed by atoms with Crippen molar-refractivity contribution in [3.8, 4) is 11.5 Å². The molecule has 0 aromatic heterocycles. The lowest BCUT2D eigenvalue weighted by molar-refractivity contribution is -0.132.